The molecular formula is C17H16ClN3. The van der Waals surface area contributed by atoms with E-state index in [2.05, 4.69) is 28.3 Å². The summed E-state index contributed by atoms with van der Waals surface area (Å²) in [6.45, 7) is 2.86. The van der Waals surface area contributed by atoms with Crippen LogP contribution in [0.3, 0.4) is 0 Å². The fourth-order valence-corrected chi connectivity index (χ4v) is 2.57. The lowest BCUT2D eigenvalue weighted by Crippen LogP contribution is -2.18. The molecule has 0 amide bonds. The molecule has 0 aliphatic heterocycles. The molecule has 0 radical (unpaired) electrons. The summed E-state index contributed by atoms with van der Waals surface area (Å²) in [6.07, 6.45) is 5.47. The molecule has 3 aromatic rings. The van der Waals surface area contributed by atoms with E-state index < -0.39 is 0 Å². The summed E-state index contributed by atoms with van der Waals surface area (Å²) in [5, 5.41) is 5.23. The molecule has 1 unspecified atom stereocenters. The zero-order valence-corrected chi connectivity index (χ0v) is 12.5. The largest absolute Gasteiger partial charge is 0.306 e. The van der Waals surface area contributed by atoms with Gasteiger partial charge in [0.1, 0.15) is 0 Å². The van der Waals surface area contributed by atoms with Crippen molar-refractivity contribution in [3.05, 3.63) is 71.1 Å². The summed E-state index contributed by atoms with van der Waals surface area (Å²) >= 11 is 6.22. The molecule has 0 saturated heterocycles. The molecule has 106 valence electrons. The summed E-state index contributed by atoms with van der Waals surface area (Å²) in [7, 11) is 0. The Hall–Kier alpha value is -1.97. The van der Waals surface area contributed by atoms with Crippen LogP contribution in [-0.4, -0.2) is 9.97 Å². The van der Waals surface area contributed by atoms with E-state index in [-0.39, 0.29) is 6.04 Å². The maximum Gasteiger partial charge on any atom is 0.0761 e. The molecule has 0 saturated carbocycles. The second-order valence-electron chi connectivity index (χ2n) is 5.00. The van der Waals surface area contributed by atoms with Crippen molar-refractivity contribution in [1.82, 2.24) is 15.3 Å². The van der Waals surface area contributed by atoms with Crippen LogP contribution in [0.1, 0.15) is 24.1 Å². The number of benzene rings is 1. The Labute approximate surface area is 129 Å². The number of hydrogen-bond acceptors (Lipinski definition) is 3. The molecule has 2 heterocycles. The van der Waals surface area contributed by atoms with Gasteiger partial charge in [0.05, 0.1) is 5.52 Å². The zero-order valence-electron chi connectivity index (χ0n) is 11.8. The number of nitrogens with zero attached hydrogens (tertiary/aromatic N) is 2. The lowest BCUT2D eigenvalue weighted by molar-refractivity contribution is 0.574. The molecule has 3 rings (SSSR count). The van der Waals surface area contributed by atoms with E-state index in [1.165, 1.54) is 5.56 Å². The molecule has 4 heteroatoms. The Balaban J connectivity index is 1.81. The van der Waals surface area contributed by atoms with Crippen molar-refractivity contribution in [2.24, 2.45) is 0 Å². The maximum absolute atomic E-state index is 6.22. The second kappa shape index (κ2) is 6.20. The monoisotopic (exact) mass is 297 g/mol. The van der Waals surface area contributed by atoms with Gasteiger partial charge in [-0.1, -0.05) is 23.7 Å². The number of rotatable bonds is 4. The fourth-order valence-electron chi connectivity index (χ4n) is 2.35. The topological polar surface area (TPSA) is 37.8 Å². The number of hydrogen-bond donors (Lipinski definition) is 1. The summed E-state index contributed by atoms with van der Waals surface area (Å²) in [6, 6.07) is 12.1. The van der Waals surface area contributed by atoms with Crippen molar-refractivity contribution in [3.63, 3.8) is 0 Å². The molecular weight excluding hydrogens is 282 g/mol. The van der Waals surface area contributed by atoms with Gasteiger partial charge in [-0.2, -0.15) is 0 Å². The summed E-state index contributed by atoms with van der Waals surface area (Å²) < 4.78 is 0. The lowest BCUT2D eigenvalue weighted by Gasteiger charge is -2.15. The van der Waals surface area contributed by atoms with Crippen LogP contribution in [0.15, 0.2) is 55.0 Å². The van der Waals surface area contributed by atoms with Gasteiger partial charge in [-0.25, -0.2) is 0 Å². The first-order valence-electron chi connectivity index (χ1n) is 6.91. The Morgan fingerprint density at radius 3 is 2.81 bits per heavy atom. The van der Waals surface area contributed by atoms with Gasteiger partial charge in [-0.05, 0) is 42.3 Å². The van der Waals surface area contributed by atoms with E-state index in [1.54, 1.807) is 12.4 Å². The maximum atomic E-state index is 6.22. The van der Waals surface area contributed by atoms with Crippen LogP contribution in [-0.2, 0) is 6.54 Å². The van der Waals surface area contributed by atoms with Gasteiger partial charge in [0.25, 0.3) is 0 Å². The van der Waals surface area contributed by atoms with Crippen LogP contribution in [0.5, 0.6) is 0 Å². The number of nitrogens with one attached hydrogen (secondary N) is 1. The molecule has 21 heavy (non-hydrogen) atoms. The number of fused-ring (bicyclic) bond motifs is 1. The van der Waals surface area contributed by atoms with E-state index in [0.29, 0.717) is 0 Å². The average molecular weight is 298 g/mol. The highest BCUT2D eigenvalue weighted by Crippen LogP contribution is 2.25. The molecule has 1 N–H and O–H groups in total. The van der Waals surface area contributed by atoms with Gasteiger partial charge in [0.15, 0.2) is 0 Å². The van der Waals surface area contributed by atoms with Crippen LogP contribution in [0.2, 0.25) is 5.02 Å². The van der Waals surface area contributed by atoms with E-state index in [9.17, 15) is 0 Å². The second-order valence-corrected chi connectivity index (χ2v) is 5.40. The van der Waals surface area contributed by atoms with E-state index in [0.717, 1.165) is 28.0 Å². The van der Waals surface area contributed by atoms with Crippen LogP contribution in [0, 0.1) is 0 Å². The summed E-state index contributed by atoms with van der Waals surface area (Å²) in [5.74, 6) is 0. The van der Waals surface area contributed by atoms with Crippen molar-refractivity contribution in [2.45, 2.75) is 19.5 Å². The summed E-state index contributed by atoms with van der Waals surface area (Å²) in [4.78, 5) is 8.61. The molecule has 0 bridgehead atoms. The standard InChI is InChI=1S/C17H16ClN3/c1-12(13-4-2-8-19-10-13)21-11-14-6-7-16(18)15-5-3-9-20-17(14)15/h2-10,12,21H,11H2,1H3. The normalized spacial score (nSPS) is 12.5. The van der Waals surface area contributed by atoms with Gasteiger partial charge in [0, 0.05) is 41.6 Å². The lowest BCUT2D eigenvalue weighted by atomic mass is 10.1. The first-order valence-corrected chi connectivity index (χ1v) is 7.29. The van der Waals surface area contributed by atoms with Crippen molar-refractivity contribution in [1.29, 1.82) is 0 Å². The van der Waals surface area contributed by atoms with Crippen LogP contribution in [0.4, 0.5) is 0 Å². The third kappa shape index (κ3) is 3.04. The Kier molecular flexibility index (Phi) is 4.13. The minimum absolute atomic E-state index is 0.230. The average Bonchev–Trinajstić information content (AvgIpc) is 2.55. The molecule has 2 aromatic heterocycles. The Morgan fingerprint density at radius 2 is 2.00 bits per heavy atom. The minimum atomic E-state index is 0.230. The molecule has 0 spiro atoms. The highest BCUT2D eigenvalue weighted by molar-refractivity contribution is 6.35. The molecule has 3 nitrogen and oxygen atoms in total. The van der Waals surface area contributed by atoms with Crippen molar-refractivity contribution in [2.75, 3.05) is 0 Å². The smallest absolute Gasteiger partial charge is 0.0761 e. The predicted octanol–water partition coefficient (Wildman–Crippen LogP) is 4.13. The first kappa shape index (κ1) is 14.0. The van der Waals surface area contributed by atoms with Gasteiger partial charge < -0.3 is 5.32 Å². The minimum Gasteiger partial charge on any atom is -0.306 e. The van der Waals surface area contributed by atoms with E-state index in [4.69, 9.17) is 11.6 Å². The van der Waals surface area contributed by atoms with Gasteiger partial charge >= 0.3 is 0 Å². The van der Waals surface area contributed by atoms with Crippen LogP contribution in [0.25, 0.3) is 10.9 Å². The van der Waals surface area contributed by atoms with Gasteiger partial charge in [0.2, 0.25) is 0 Å². The van der Waals surface area contributed by atoms with E-state index >= 15 is 0 Å². The van der Waals surface area contributed by atoms with Gasteiger partial charge in [-0.3, -0.25) is 9.97 Å². The predicted molar refractivity (Wildman–Crippen MR) is 86.2 cm³/mol. The number of aromatic nitrogens is 2. The third-order valence-corrected chi connectivity index (χ3v) is 3.91. The fraction of sp³-hybridized carbons (Fsp3) is 0.176. The molecule has 1 atom stereocenters. The Morgan fingerprint density at radius 1 is 1.14 bits per heavy atom. The van der Waals surface area contributed by atoms with Gasteiger partial charge in [-0.15, -0.1) is 0 Å². The van der Waals surface area contributed by atoms with Crippen molar-refractivity contribution in [3.8, 4) is 0 Å². The molecule has 0 fully saturated rings. The molecule has 1 aromatic carbocycles. The molecule has 0 aliphatic rings. The zero-order chi connectivity index (χ0) is 14.7. The quantitative estimate of drug-likeness (QED) is 0.786. The SMILES string of the molecule is CC(NCc1ccc(Cl)c2cccnc12)c1cccnc1. The highest BCUT2D eigenvalue weighted by atomic mass is 35.5. The first-order chi connectivity index (χ1) is 10.3. The van der Waals surface area contributed by atoms with Crippen LogP contribution >= 0.6 is 11.6 Å². The number of halogens is 1. The number of pyridine rings is 2. The van der Waals surface area contributed by atoms with E-state index in [1.807, 2.05) is 36.5 Å². The third-order valence-electron chi connectivity index (χ3n) is 3.58. The van der Waals surface area contributed by atoms with Crippen molar-refractivity contribution >= 4 is 22.5 Å². The van der Waals surface area contributed by atoms with Crippen molar-refractivity contribution < 1.29 is 0 Å². The highest BCUT2D eigenvalue weighted by Gasteiger charge is 2.08. The summed E-state index contributed by atoms with van der Waals surface area (Å²) in [5.41, 5.74) is 3.27. The van der Waals surface area contributed by atoms with Crippen LogP contribution < -0.4 is 5.32 Å². The Bertz CT molecular complexity index is 743. The molecule has 0 aliphatic carbocycles.